The molecule has 0 saturated carbocycles. The van der Waals surface area contributed by atoms with Gasteiger partial charge in [-0.05, 0) is 56.7 Å². The van der Waals surface area contributed by atoms with E-state index in [0.717, 1.165) is 17.2 Å². The number of benzene rings is 2. The standard InChI is InChI=1S/C34H37N5O7/c1-20(2)39(31(41)18-37-33(43)27-15-24-26(38-27)11-6-12-30(24)45-3)28(14-21-9-7-13-36-32(21)42)29(40)19-46-34(44)25-17-35-16-22-8-4-5-10-23(22)25/h4-6,8,10-12,15-17,20-21,28,38H,7,9,13-14,18-19H2,1-3H3,(H,36,42)(H,37,43)/t21-,28-/m0/s1. The van der Waals surface area contributed by atoms with Gasteiger partial charge in [-0.2, -0.15) is 0 Å². The smallest absolute Gasteiger partial charge is 0.340 e. The van der Waals surface area contributed by atoms with Crippen LogP contribution in [0.25, 0.3) is 21.7 Å². The fourth-order valence-electron chi connectivity index (χ4n) is 5.91. The minimum atomic E-state index is -1.07. The van der Waals surface area contributed by atoms with Crippen LogP contribution in [0.15, 0.2) is 60.9 Å². The van der Waals surface area contributed by atoms with Gasteiger partial charge in [0.05, 0.1) is 25.3 Å². The summed E-state index contributed by atoms with van der Waals surface area (Å²) in [4.78, 5) is 74.8. The van der Waals surface area contributed by atoms with Crippen LogP contribution in [0.5, 0.6) is 5.75 Å². The molecule has 3 heterocycles. The van der Waals surface area contributed by atoms with Crippen molar-refractivity contribution in [3.63, 3.8) is 0 Å². The maximum absolute atomic E-state index is 13.8. The number of hydrogen-bond acceptors (Lipinski definition) is 8. The van der Waals surface area contributed by atoms with Crippen LogP contribution in [0.3, 0.4) is 0 Å². The highest BCUT2D eigenvalue weighted by molar-refractivity contribution is 6.05. The summed E-state index contributed by atoms with van der Waals surface area (Å²) in [5.74, 6) is -2.39. The number of esters is 1. The summed E-state index contributed by atoms with van der Waals surface area (Å²) < 4.78 is 10.8. The molecule has 1 fully saturated rings. The Labute approximate surface area is 265 Å². The van der Waals surface area contributed by atoms with Gasteiger partial charge in [0, 0.05) is 47.2 Å². The average molecular weight is 628 g/mol. The van der Waals surface area contributed by atoms with Crippen molar-refractivity contribution in [2.24, 2.45) is 5.92 Å². The number of amides is 3. The quantitative estimate of drug-likeness (QED) is 0.202. The number of rotatable bonds is 12. The van der Waals surface area contributed by atoms with Crippen LogP contribution in [-0.2, 0) is 19.1 Å². The van der Waals surface area contributed by atoms with Gasteiger partial charge in [-0.15, -0.1) is 0 Å². The number of nitrogens with zero attached hydrogens (tertiary/aromatic N) is 2. The van der Waals surface area contributed by atoms with Crippen molar-refractivity contribution in [3.05, 3.63) is 72.2 Å². The first-order chi connectivity index (χ1) is 22.2. The van der Waals surface area contributed by atoms with E-state index in [4.69, 9.17) is 9.47 Å². The van der Waals surface area contributed by atoms with Crippen molar-refractivity contribution >= 4 is 51.1 Å². The van der Waals surface area contributed by atoms with Crippen LogP contribution in [0, 0.1) is 5.92 Å². The third-order valence-electron chi connectivity index (χ3n) is 8.18. The van der Waals surface area contributed by atoms with E-state index in [2.05, 4.69) is 20.6 Å². The van der Waals surface area contributed by atoms with E-state index < -0.39 is 54.7 Å². The molecule has 46 heavy (non-hydrogen) atoms. The summed E-state index contributed by atoms with van der Waals surface area (Å²) in [5.41, 5.74) is 1.15. The lowest BCUT2D eigenvalue weighted by molar-refractivity contribution is -0.144. The van der Waals surface area contributed by atoms with Gasteiger partial charge >= 0.3 is 5.97 Å². The molecular weight excluding hydrogens is 590 g/mol. The van der Waals surface area contributed by atoms with Gasteiger partial charge in [0.1, 0.15) is 11.4 Å². The number of methoxy groups -OCH3 is 1. The molecule has 1 aliphatic rings. The maximum atomic E-state index is 13.8. The molecule has 240 valence electrons. The fraction of sp³-hybridized carbons (Fsp3) is 0.353. The van der Waals surface area contributed by atoms with E-state index in [1.807, 2.05) is 18.2 Å². The summed E-state index contributed by atoms with van der Waals surface area (Å²) in [6.07, 6.45) is 4.36. The number of aromatic nitrogens is 2. The lowest BCUT2D eigenvalue weighted by Crippen LogP contribution is -2.54. The van der Waals surface area contributed by atoms with E-state index in [-0.39, 0.29) is 23.6 Å². The summed E-state index contributed by atoms with van der Waals surface area (Å²) >= 11 is 0. The Kier molecular flexibility index (Phi) is 9.94. The van der Waals surface area contributed by atoms with Gasteiger partial charge in [-0.3, -0.25) is 24.2 Å². The first-order valence-electron chi connectivity index (χ1n) is 15.2. The molecule has 1 aliphatic heterocycles. The van der Waals surface area contributed by atoms with E-state index in [1.54, 1.807) is 50.4 Å². The molecule has 2 aromatic carbocycles. The minimum Gasteiger partial charge on any atom is -0.496 e. The normalized spacial score (nSPS) is 15.3. The SMILES string of the molecule is COc1cccc2[nH]c(C(=O)NCC(=O)N(C(C)C)[C@@H](C[C@@H]3CCCNC3=O)C(=O)COC(=O)c3cncc4ccccc34)cc12. The molecule has 0 spiro atoms. The second-order valence-electron chi connectivity index (χ2n) is 11.5. The number of carbonyl (C=O) groups excluding carboxylic acids is 5. The summed E-state index contributed by atoms with van der Waals surface area (Å²) in [5, 5.41) is 7.56. The molecule has 12 heteroatoms. The van der Waals surface area contributed by atoms with E-state index in [9.17, 15) is 24.0 Å². The van der Waals surface area contributed by atoms with Crippen LogP contribution in [-0.4, -0.2) is 83.2 Å². The number of fused-ring (bicyclic) bond motifs is 2. The highest BCUT2D eigenvalue weighted by Crippen LogP contribution is 2.26. The van der Waals surface area contributed by atoms with Crippen LogP contribution >= 0.6 is 0 Å². The number of piperidine rings is 1. The predicted molar refractivity (Wildman–Crippen MR) is 170 cm³/mol. The molecule has 0 bridgehead atoms. The Bertz CT molecular complexity index is 1780. The molecule has 0 unspecified atom stereocenters. The average Bonchev–Trinajstić information content (AvgIpc) is 3.51. The molecule has 0 radical (unpaired) electrons. The lowest BCUT2D eigenvalue weighted by Gasteiger charge is -2.36. The summed E-state index contributed by atoms with van der Waals surface area (Å²) in [6, 6.07) is 12.7. The number of aromatic amines is 1. The summed E-state index contributed by atoms with van der Waals surface area (Å²) in [6.45, 7) is 3.03. The highest BCUT2D eigenvalue weighted by Gasteiger charge is 2.37. The Balaban J connectivity index is 1.32. The third-order valence-corrected chi connectivity index (χ3v) is 8.18. The van der Waals surface area contributed by atoms with Gasteiger partial charge < -0.3 is 30.0 Å². The van der Waals surface area contributed by atoms with Crippen LogP contribution in [0.1, 0.15) is 54.0 Å². The highest BCUT2D eigenvalue weighted by atomic mass is 16.5. The number of H-pyrrole nitrogens is 1. The number of ether oxygens (including phenoxy) is 2. The zero-order chi connectivity index (χ0) is 32.8. The number of pyridine rings is 1. The van der Waals surface area contributed by atoms with Crippen molar-refractivity contribution in [1.29, 1.82) is 0 Å². The van der Waals surface area contributed by atoms with Crippen LogP contribution < -0.4 is 15.4 Å². The molecule has 2 atom stereocenters. The maximum Gasteiger partial charge on any atom is 0.340 e. The molecule has 3 amide bonds. The third kappa shape index (κ3) is 7.01. The molecule has 5 rings (SSSR count). The van der Waals surface area contributed by atoms with E-state index >= 15 is 0 Å². The number of carbonyl (C=O) groups is 5. The van der Waals surface area contributed by atoms with Crippen LogP contribution in [0.2, 0.25) is 0 Å². The molecule has 4 aromatic rings. The summed E-state index contributed by atoms with van der Waals surface area (Å²) in [7, 11) is 1.54. The Morgan fingerprint density at radius 2 is 1.87 bits per heavy atom. The number of Topliss-reactive ketones (excluding diaryl/α,β-unsaturated/α-hetero) is 1. The number of nitrogens with one attached hydrogen (secondary N) is 3. The first kappa shape index (κ1) is 32.1. The lowest BCUT2D eigenvalue weighted by atomic mass is 9.89. The largest absolute Gasteiger partial charge is 0.496 e. The number of ketones is 1. The number of hydrogen-bond donors (Lipinski definition) is 3. The second-order valence-corrected chi connectivity index (χ2v) is 11.5. The van der Waals surface area contributed by atoms with Gasteiger partial charge in [-0.25, -0.2) is 4.79 Å². The topological polar surface area (TPSA) is 160 Å². The minimum absolute atomic E-state index is 0.0533. The van der Waals surface area contributed by atoms with Crippen molar-refractivity contribution in [1.82, 2.24) is 25.5 Å². The molecule has 0 aliphatic carbocycles. The predicted octanol–water partition coefficient (Wildman–Crippen LogP) is 3.40. The monoisotopic (exact) mass is 627 g/mol. The van der Waals surface area contributed by atoms with Crippen LogP contribution in [0.4, 0.5) is 0 Å². The van der Waals surface area contributed by atoms with Crippen molar-refractivity contribution in [3.8, 4) is 5.75 Å². The zero-order valence-corrected chi connectivity index (χ0v) is 26.0. The molecule has 1 saturated heterocycles. The van der Waals surface area contributed by atoms with Gasteiger partial charge in [0.25, 0.3) is 5.91 Å². The van der Waals surface area contributed by atoms with Gasteiger partial charge in [0.2, 0.25) is 11.8 Å². The first-order valence-corrected chi connectivity index (χ1v) is 15.2. The van der Waals surface area contributed by atoms with Gasteiger partial charge in [0.15, 0.2) is 12.4 Å². The Hall–Kier alpha value is -5.26. The fourth-order valence-corrected chi connectivity index (χ4v) is 5.91. The van der Waals surface area contributed by atoms with E-state index in [1.165, 1.54) is 18.2 Å². The van der Waals surface area contributed by atoms with Crippen molar-refractivity contribution in [2.45, 2.75) is 45.2 Å². The Morgan fingerprint density at radius 1 is 1.07 bits per heavy atom. The van der Waals surface area contributed by atoms with Gasteiger partial charge in [-0.1, -0.05) is 30.3 Å². The Morgan fingerprint density at radius 3 is 2.63 bits per heavy atom. The molecular formula is C34H37N5O7. The molecule has 2 aromatic heterocycles. The molecule has 3 N–H and O–H groups in total. The zero-order valence-electron chi connectivity index (χ0n) is 26.0. The molecule has 12 nitrogen and oxygen atoms in total. The van der Waals surface area contributed by atoms with Crippen molar-refractivity contribution in [2.75, 3.05) is 26.8 Å². The second kappa shape index (κ2) is 14.2. The van der Waals surface area contributed by atoms with E-state index in [0.29, 0.717) is 29.6 Å². The van der Waals surface area contributed by atoms with Crippen molar-refractivity contribution < 1.29 is 33.4 Å².